The average Bonchev–Trinajstić information content (AvgIpc) is 3.18. The minimum absolute atomic E-state index is 0.0402. The Hall–Kier alpha value is -2.53. The minimum Gasteiger partial charge on any atom is -0.493 e. The van der Waals surface area contributed by atoms with Crippen LogP contribution in [0.25, 0.3) is 0 Å². The second-order valence-corrected chi connectivity index (χ2v) is 6.76. The van der Waals surface area contributed by atoms with Crippen molar-refractivity contribution in [2.24, 2.45) is 5.73 Å². The molecule has 3 rings (SSSR count). The zero-order valence-corrected chi connectivity index (χ0v) is 15.4. The van der Waals surface area contributed by atoms with Gasteiger partial charge in [0.05, 0.1) is 14.2 Å². The number of amides is 1. The number of nitrogens with two attached hydrogens (primary N) is 1. The molecule has 1 fully saturated rings. The number of hydrogen-bond donors (Lipinski definition) is 2. The van der Waals surface area contributed by atoms with Crippen molar-refractivity contribution in [1.82, 2.24) is 0 Å². The predicted molar refractivity (Wildman–Crippen MR) is 103 cm³/mol. The number of para-hydroxylation sites is 1. The van der Waals surface area contributed by atoms with Crippen molar-refractivity contribution < 1.29 is 14.3 Å². The summed E-state index contributed by atoms with van der Waals surface area (Å²) in [4.78, 5) is 12.8. The van der Waals surface area contributed by atoms with Crippen molar-refractivity contribution in [2.75, 3.05) is 26.1 Å². The van der Waals surface area contributed by atoms with Crippen LogP contribution in [-0.2, 0) is 5.41 Å². The number of hydrogen-bond acceptors (Lipinski definition) is 4. The second-order valence-electron chi connectivity index (χ2n) is 6.76. The van der Waals surface area contributed by atoms with Gasteiger partial charge in [0.25, 0.3) is 5.91 Å². The first-order valence-corrected chi connectivity index (χ1v) is 8.96. The highest BCUT2D eigenvalue weighted by Crippen LogP contribution is 2.43. The average molecular weight is 354 g/mol. The molecule has 0 bridgehead atoms. The van der Waals surface area contributed by atoms with Crippen molar-refractivity contribution in [3.8, 4) is 11.5 Å². The highest BCUT2D eigenvalue weighted by molar-refractivity contribution is 6.05. The molecule has 5 nitrogen and oxygen atoms in total. The van der Waals surface area contributed by atoms with Gasteiger partial charge in [0.2, 0.25) is 0 Å². The normalized spacial score (nSPS) is 15.5. The molecule has 138 valence electrons. The number of carbonyl (C=O) groups is 1. The molecular formula is C21H26N2O3. The highest BCUT2D eigenvalue weighted by Gasteiger charge is 2.36. The Morgan fingerprint density at radius 1 is 1.08 bits per heavy atom. The van der Waals surface area contributed by atoms with E-state index < -0.39 is 0 Å². The van der Waals surface area contributed by atoms with Crippen LogP contribution in [0.15, 0.2) is 42.5 Å². The third-order valence-corrected chi connectivity index (χ3v) is 5.34. The van der Waals surface area contributed by atoms with Crippen LogP contribution >= 0.6 is 0 Å². The van der Waals surface area contributed by atoms with Gasteiger partial charge in [-0.05, 0) is 42.7 Å². The lowest BCUT2D eigenvalue weighted by molar-refractivity contribution is 0.102. The number of nitrogens with one attached hydrogen (secondary N) is 1. The summed E-state index contributed by atoms with van der Waals surface area (Å²) in [5.41, 5.74) is 8.58. The van der Waals surface area contributed by atoms with Gasteiger partial charge < -0.3 is 20.5 Å². The highest BCUT2D eigenvalue weighted by atomic mass is 16.5. The van der Waals surface area contributed by atoms with Crippen molar-refractivity contribution in [2.45, 2.75) is 31.1 Å². The van der Waals surface area contributed by atoms with Gasteiger partial charge in [-0.2, -0.15) is 0 Å². The lowest BCUT2D eigenvalue weighted by Crippen LogP contribution is -2.33. The SMILES string of the molecule is COc1ccc(C(=O)Nc2ccccc2C2(CN)CCCC2)cc1OC. The Morgan fingerprint density at radius 2 is 1.77 bits per heavy atom. The van der Waals surface area contributed by atoms with E-state index in [0.717, 1.165) is 24.1 Å². The topological polar surface area (TPSA) is 73.6 Å². The Labute approximate surface area is 154 Å². The first-order valence-electron chi connectivity index (χ1n) is 8.96. The summed E-state index contributed by atoms with van der Waals surface area (Å²) in [5, 5.41) is 3.06. The summed E-state index contributed by atoms with van der Waals surface area (Å²) in [7, 11) is 3.13. The Morgan fingerprint density at radius 3 is 2.42 bits per heavy atom. The molecule has 26 heavy (non-hydrogen) atoms. The first-order chi connectivity index (χ1) is 12.6. The monoisotopic (exact) mass is 354 g/mol. The molecule has 0 saturated heterocycles. The number of methoxy groups -OCH3 is 2. The van der Waals surface area contributed by atoms with Gasteiger partial charge >= 0.3 is 0 Å². The molecule has 1 saturated carbocycles. The molecule has 0 atom stereocenters. The predicted octanol–water partition coefficient (Wildman–Crippen LogP) is 3.73. The molecular weight excluding hydrogens is 328 g/mol. The van der Waals surface area contributed by atoms with Gasteiger partial charge in [0.1, 0.15) is 0 Å². The second kappa shape index (κ2) is 7.79. The maximum absolute atomic E-state index is 12.8. The molecule has 2 aromatic rings. The summed E-state index contributed by atoms with van der Waals surface area (Å²) in [6, 6.07) is 13.1. The van der Waals surface area contributed by atoms with E-state index in [1.807, 2.05) is 18.2 Å². The summed E-state index contributed by atoms with van der Waals surface area (Å²) in [5.74, 6) is 0.948. The van der Waals surface area contributed by atoms with Gasteiger partial charge in [-0.3, -0.25) is 4.79 Å². The molecule has 0 aromatic heterocycles. The van der Waals surface area contributed by atoms with Gasteiger partial charge in [-0.15, -0.1) is 0 Å². The molecule has 1 aliphatic rings. The van der Waals surface area contributed by atoms with E-state index in [0.29, 0.717) is 23.6 Å². The summed E-state index contributed by atoms with van der Waals surface area (Å²) >= 11 is 0. The third-order valence-electron chi connectivity index (χ3n) is 5.34. The van der Waals surface area contributed by atoms with Gasteiger partial charge in [0, 0.05) is 23.2 Å². The molecule has 0 radical (unpaired) electrons. The Bertz CT molecular complexity index is 783. The standard InChI is InChI=1S/C21H26N2O3/c1-25-18-10-9-15(13-19(18)26-2)20(24)23-17-8-4-3-7-16(17)21(14-22)11-5-6-12-21/h3-4,7-10,13H,5-6,11-12,14,22H2,1-2H3,(H,23,24). The molecule has 0 heterocycles. The Kier molecular flexibility index (Phi) is 5.47. The number of carbonyl (C=O) groups excluding carboxylic acids is 1. The van der Waals surface area contributed by atoms with Crippen LogP contribution in [0.2, 0.25) is 0 Å². The molecule has 0 aliphatic heterocycles. The van der Waals surface area contributed by atoms with Gasteiger partial charge in [-0.1, -0.05) is 31.0 Å². The fourth-order valence-corrected chi connectivity index (χ4v) is 3.86. The maximum Gasteiger partial charge on any atom is 0.255 e. The van der Waals surface area contributed by atoms with Crippen LogP contribution in [0.4, 0.5) is 5.69 Å². The smallest absolute Gasteiger partial charge is 0.255 e. The fourth-order valence-electron chi connectivity index (χ4n) is 3.86. The summed E-state index contributed by atoms with van der Waals surface area (Å²) in [6.07, 6.45) is 4.48. The lowest BCUT2D eigenvalue weighted by atomic mass is 9.78. The van der Waals surface area contributed by atoms with E-state index in [2.05, 4.69) is 11.4 Å². The number of rotatable bonds is 6. The van der Waals surface area contributed by atoms with Crippen LogP contribution in [0.1, 0.15) is 41.6 Å². The van der Waals surface area contributed by atoms with Crippen LogP contribution in [-0.4, -0.2) is 26.7 Å². The van der Waals surface area contributed by atoms with Crippen molar-refractivity contribution in [1.29, 1.82) is 0 Å². The van der Waals surface area contributed by atoms with Crippen LogP contribution in [0.5, 0.6) is 11.5 Å². The van der Waals surface area contributed by atoms with Gasteiger partial charge in [0.15, 0.2) is 11.5 Å². The van der Waals surface area contributed by atoms with Crippen molar-refractivity contribution in [3.63, 3.8) is 0 Å². The Balaban J connectivity index is 1.89. The fraction of sp³-hybridized carbons (Fsp3) is 0.381. The maximum atomic E-state index is 12.8. The molecule has 5 heteroatoms. The quantitative estimate of drug-likeness (QED) is 0.829. The largest absolute Gasteiger partial charge is 0.493 e. The number of benzene rings is 2. The van der Waals surface area contributed by atoms with Crippen LogP contribution < -0.4 is 20.5 Å². The summed E-state index contributed by atoms with van der Waals surface area (Å²) < 4.78 is 10.5. The van der Waals surface area contributed by atoms with Crippen molar-refractivity contribution in [3.05, 3.63) is 53.6 Å². The zero-order chi connectivity index (χ0) is 18.6. The van der Waals surface area contributed by atoms with E-state index >= 15 is 0 Å². The van der Waals surface area contributed by atoms with E-state index in [-0.39, 0.29) is 11.3 Å². The molecule has 0 unspecified atom stereocenters. The van der Waals surface area contributed by atoms with Crippen LogP contribution in [0.3, 0.4) is 0 Å². The molecule has 1 amide bonds. The van der Waals surface area contributed by atoms with E-state index in [1.54, 1.807) is 32.4 Å². The molecule has 1 aliphatic carbocycles. The van der Waals surface area contributed by atoms with Crippen molar-refractivity contribution >= 4 is 11.6 Å². The first kappa shape index (κ1) is 18.3. The van der Waals surface area contributed by atoms with Crippen LogP contribution in [0, 0.1) is 0 Å². The molecule has 2 aromatic carbocycles. The number of ether oxygens (including phenoxy) is 2. The molecule has 0 spiro atoms. The van der Waals surface area contributed by atoms with E-state index in [9.17, 15) is 4.79 Å². The van der Waals surface area contributed by atoms with E-state index in [1.165, 1.54) is 12.8 Å². The minimum atomic E-state index is -0.177. The van der Waals surface area contributed by atoms with E-state index in [4.69, 9.17) is 15.2 Å². The molecule has 3 N–H and O–H groups in total. The van der Waals surface area contributed by atoms with Gasteiger partial charge in [-0.25, -0.2) is 0 Å². The summed E-state index contributed by atoms with van der Waals surface area (Å²) in [6.45, 7) is 0.593. The lowest BCUT2D eigenvalue weighted by Gasteiger charge is -2.30. The third kappa shape index (κ3) is 3.40. The number of anilines is 1. The zero-order valence-electron chi connectivity index (χ0n) is 15.4.